The monoisotopic (exact) mass is 370 g/mol. The van der Waals surface area contributed by atoms with Gasteiger partial charge in [-0.1, -0.05) is 30.3 Å². The number of hydrogen-bond acceptors (Lipinski definition) is 7. The summed E-state index contributed by atoms with van der Waals surface area (Å²) in [4.78, 5) is 24.3. The van der Waals surface area contributed by atoms with Gasteiger partial charge in [-0.2, -0.15) is 0 Å². The first-order valence-corrected chi connectivity index (χ1v) is 9.18. The van der Waals surface area contributed by atoms with Crippen LogP contribution in [0.25, 0.3) is 0 Å². The minimum absolute atomic E-state index is 0.0666. The Hall–Kier alpha value is -3.03. The molecule has 1 atom stereocenters. The van der Waals surface area contributed by atoms with Crippen molar-refractivity contribution in [3.63, 3.8) is 0 Å². The second-order valence-electron chi connectivity index (χ2n) is 6.41. The third-order valence-corrected chi connectivity index (χ3v) is 4.62. The molecule has 0 spiro atoms. The van der Waals surface area contributed by atoms with Crippen molar-refractivity contribution in [3.8, 4) is 0 Å². The van der Waals surface area contributed by atoms with E-state index in [2.05, 4.69) is 39.2 Å². The van der Waals surface area contributed by atoms with Gasteiger partial charge in [0.25, 0.3) is 0 Å². The fraction of sp³-hybridized carbons (Fsp3) is 0.421. The lowest BCUT2D eigenvalue weighted by Gasteiger charge is -2.35. The Morgan fingerprint density at radius 1 is 1.22 bits per heavy atom. The number of benzene rings is 1. The lowest BCUT2D eigenvalue weighted by Crippen LogP contribution is -2.49. The van der Waals surface area contributed by atoms with Crippen LogP contribution in [-0.4, -0.2) is 53.7 Å². The van der Waals surface area contributed by atoms with Crippen LogP contribution in [0.15, 0.2) is 36.7 Å². The molecule has 8 nitrogen and oxygen atoms in total. The summed E-state index contributed by atoms with van der Waals surface area (Å²) >= 11 is 0. The van der Waals surface area contributed by atoms with E-state index in [0.29, 0.717) is 50.1 Å². The van der Waals surface area contributed by atoms with Crippen molar-refractivity contribution in [2.24, 2.45) is 0 Å². The predicted molar refractivity (Wildman–Crippen MR) is 106 cm³/mol. The number of piperazine rings is 1. The van der Waals surface area contributed by atoms with Crippen molar-refractivity contribution in [3.05, 3.63) is 42.2 Å². The molecule has 1 fully saturated rings. The first-order chi connectivity index (χ1) is 13.1. The summed E-state index contributed by atoms with van der Waals surface area (Å²) in [5, 5.41) is 3.36. The summed E-state index contributed by atoms with van der Waals surface area (Å²) < 4.78 is 5.06. The van der Waals surface area contributed by atoms with Crippen LogP contribution >= 0.6 is 0 Å². The van der Waals surface area contributed by atoms with Crippen molar-refractivity contribution in [2.75, 3.05) is 48.7 Å². The molecule has 0 radical (unpaired) electrons. The van der Waals surface area contributed by atoms with Gasteiger partial charge in [0.15, 0.2) is 11.6 Å². The van der Waals surface area contributed by atoms with E-state index in [9.17, 15) is 4.79 Å². The standard InChI is InChI=1S/C19H26N6O2/c1-3-27-19(26)25-11-9-24(10-12-25)18-16(20)17(21-13-22-18)23-14(2)15-7-5-4-6-8-15/h4-8,13-14H,3,9-12,20H2,1-2H3,(H,21,22,23). The van der Waals surface area contributed by atoms with Crippen LogP contribution in [0.1, 0.15) is 25.5 Å². The smallest absolute Gasteiger partial charge is 0.409 e. The molecule has 0 bridgehead atoms. The van der Waals surface area contributed by atoms with Crippen LogP contribution in [0.5, 0.6) is 0 Å². The van der Waals surface area contributed by atoms with Gasteiger partial charge in [-0.25, -0.2) is 14.8 Å². The van der Waals surface area contributed by atoms with E-state index >= 15 is 0 Å². The summed E-state index contributed by atoms with van der Waals surface area (Å²) in [5.74, 6) is 1.31. The lowest BCUT2D eigenvalue weighted by atomic mass is 10.1. The van der Waals surface area contributed by atoms with Crippen LogP contribution in [0, 0.1) is 0 Å². The van der Waals surface area contributed by atoms with Gasteiger partial charge in [-0.3, -0.25) is 0 Å². The van der Waals surface area contributed by atoms with Gasteiger partial charge in [-0.05, 0) is 19.4 Å². The van der Waals surface area contributed by atoms with Crippen LogP contribution in [0.4, 0.5) is 22.1 Å². The molecule has 2 aromatic rings. The average Bonchev–Trinajstić information content (AvgIpc) is 2.70. The molecule has 1 aliphatic heterocycles. The molecule has 1 aliphatic rings. The number of rotatable bonds is 5. The highest BCUT2D eigenvalue weighted by atomic mass is 16.6. The lowest BCUT2D eigenvalue weighted by molar-refractivity contribution is 0.105. The normalized spacial score (nSPS) is 15.3. The number of carbonyl (C=O) groups is 1. The first-order valence-electron chi connectivity index (χ1n) is 9.18. The zero-order valence-corrected chi connectivity index (χ0v) is 15.8. The largest absolute Gasteiger partial charge is 0.450 e. The van der Waals surface area contributed by atoms with Gasteiger partial charge in [0.1, 0.15) is 12.0 Å². The van der Waals surface area contributed by atoms with Crippen molar-refractivity contribution in [2.45, 2.75) is 19.9 Å². The van der Waals surface area contributed by atoms with E-state index in [1.54, 1.807) is 11.8 Å². The second-order valence-corrected chi connectivity index (χ2v) is 6.41. The fourth-order valence-electron chi connectivity index (χ4n) is 3.10. The molecular weight excluding hydrogens is 344 g/mol. The van der Waals surface area contributed by atoms with Gasteiger partial charge in [0.05, 0.1) is 12.6 Å². The van der Waals surface area contributed by atoms with E-state index in [1.165, 1.54) is 6.33 Å². The molecule has 0 aliphatic carbocycles. The Balaban J connectivity index is 1.68. The average molecular weight is 370 g/mol. The molecule has 8 heteroatoms. The van der Waals surface area contributed by atoms with E-state index < -0.39 is 0 Å². The summed E-state index contributed by atoms with van der Waals surface area (Å²) in [7, 11) is 0. The van der Waals surface area contributed by atoms with Gasteiger partial charge in [0, 0.05) is 26.2 Å². The van der Waals surface area contributed by atoms with E-state index in [1.807, 2.05) is 18.2 Å². The molecule has 27 heavy (non-hydrogen) atoms. The zero-order valence-electron chi connectivity index (χ0n) is 15.8. The van der Waals surface area contributed by atoms with E-state index in [-0.39, 0.29) is 12.1 Å². The Morgan fingerprint density at radius 3 is 2.59 bits per heavy atom. The SMILES string of the molecule is CCOC(=O)N1CCN(c2ncnc(NC(C)c3ccccc3)c2N)CC1. The van der Waals surface area contributed by atoms with Gasteiger partial charge >= 0.3 is 6.09 Å². The third kappa shape index (κ3) is 4.39. The van der Waals surface area contributed by atoms with Crippen molar-refractivity contribution in [1.82, 2.24) is 14.9 Å². The Bertz CT molecular complexity index is 762. The molecule has 1 amide bonds. The molecule has 0 saturated carbocycles. The molecule has 3 rings (SSSR count). The number of nitrogens with zero attached hydrogens (tertiary/aromatic N) is 4. The number of carbonyl (C=O) groups excluding carboxylic acids is 1. The number of nitrogen functional groups attached to an aromatic ring is 1. The molecule has 144 valence electrons. The Kier molecular flexibility index (Phi) is 5.95. The maximum Gasteiger partial charge on any atom is 0.409 e. The van der Waals surface area contributed by atoms with Crippen molar-refractivity contribution >= 4 is 23.4 Å². The third-order valence-electron chi connectivity index (χ3n) is 4.62. The van der Waals surface area contributed by atoms with Crippen molar-refractivity contribution in [1.29, 1.82) is 0 Å². The summed E-state index contributed by atoms with van der Waals surface area (Å²) in [5.41, 5.74) is 8.02. The van der Waals surface area contributed by atoms with E-state index in [0.717, 1.165) is 5.56 Å². The number of nitrogens with one attached hydrogen (secondary N) is 1. The summed E-state index contributed by atoms with van der Waals surface area (Å²) in [6.07, 6.45) is 1.25. The zero-order chi connectivity index (χ0) is 19.2. The molecule has 1 unspecified atom stereocenters. The highest BCUT2D eigenvalue weighted by Crippen LogP contribution is 2.29. The van der Waals surface area contributed by atoms with Crippen LogP contribution < -0.4 is 16.0 Å². The van der Waals surface area contributed by atoms with Crippen LogP contribution in [0.2, 0.25) is 0 Å². The summed E-state index contributed by atoms with van der Waals surface area (Å²) in [6, 6.07) is 10.2. The van der Waals surface area contributed by atoms with Crippen LogP contribution in [0.3, 0.4) is 0 Å². The minimum Gasteiger partial charge on any atom is -0.450 e. The Morgan fingerprint density at radius 2 is 1.93 bits per heavy atom. The summed E-state index contributed by atoms with van der Waals surface area (Å²) in [6.45, 7) is 6.69. The molecule has 2 heterocycles. The fourth-order valence-corrected chi connectivity index (χ4v) is 3.10. The number of aromatic nitrogens is 2. The second kappa shape index (κ2) is 8.57. The maximum absolute atomic E-state index is 11.8. The van der Waals surface area contributed by atoms with Crippen molar-refractivity contribution < 1.29 is 9.53 Å². The molecule has 1 aromatic carbocycles. The van der Waals surface area contributed by atoms with E-state index in [4.69, 9.17) is 10.5 Å². The van der Waals surface area contributed by atoms with Gasteiger partial charge in [0.2, 0.25) is 0 Å². The number of anilines is 3. The minimum atomic E-state index is -0.271. The number of ether oxygens (including phenoxy) is 1. The predicted octanol–water partition coefficient (Wildman–Crippen LogP) is 2.51. The number of amides is 1. The molecule has 1 aromatic heterocycles. The molecular formula is C19H26N6O2. The molecule has 3 N–H and O–H groups in total. The topological polar surface area (TPSA) is 96.6 Å². The quantitative estimate of drug-likeness (QED) is 0.835. The van der Waals surface area contributed by atoms with Gasteiger partial charge < -0.3 is 25.6 Å². The highest BCUT2D eigenvalue weighted by Gasteiger charge is 2.25. The number of nitrogens with two attached hydrogens (primary N) is 1. The number of hydrogen-bond donors (Lipinski definition) is 2. The Labute approximate surface area is 159 Å². The van der Waals surface area contributed by atoms with Gasteiger partial charge in [-0.15, -0.1) is 0 Å². The molecule has 1 saturated heterocycles. The highest BCUT2D eigenvalue weighted by molar-refractivity contribution is 5.75. The maximum atomic E-state index is 11.8. The first kappa shape index (κ1) is 18.8. The van der Waals surface area contributed by atoms with Crippen LogP contribution in [-0.2, 0) is 4.74 Å².